The first-order chi connectivity index (χ1) is 11.4. The zero-order valence-corrected chi connectivity index (χ0v) is 14.2. The molecule has 0 saturated carbocycles. The highest BCUT2D eigenvalue weighted by atomic mass is 79.9. The Hall–Kier alpha value is -2.22. The highest BCUT2D eigenvalue weighted by Gasteiger charge is 2.14. The van der Waals surface area contributed by atoms with Gasteiger partial charge in [-0.2, -0.15) is 8.78 Å². The van der Waals surface area contributed by atoms with Crippen LogP contribution in [-0.4, -0.2) is 24.6 Å². The molecule has 128 valence electrons. The third kappa shape index (κ3) is 4.89. The Balaban J connectivity index is 2.01. The molecule has 0 saturated heterocycles. The average Bonchev–Trinajstić information content (AvgIpc) is 2.52. The second-order valence-corrected chi connectivity index (χ2v) is 5.76. The summed E-state index contributed by atoms with van der Waals surface area (Å²) in [6.45, 7) is -2.78. The summed E-state index contributed by atoms with van der Waals surface area (Å²) in [5, 5.41) is 2.49. The van der Waals surface area contributed by atoms with Crippen molar-refractivity contribution in [1.82, 2.24) is 4.90 Å². The number of amides is 2. The van der Waals surface area contributed by atoms with E-state index in [4.69, 9.17) is 0 Å². The number of anilines is 1. The number of ether oxygens (including phenoxy) is 1. The average molecular weight is 403 g/mol. The summed E-state index contributed by atoms with van der Waals surface area (Å²) in [5.41, 5.74) is 1.04. The van der Waals surface area contributed by atoms with E-state index in [2.05, 4.69) is 26.0 Å². The van der Waals surface area contributed by atoms with Crippen LogP contribution >= 0.6 is 15.9 Å². The summed E-state index contributed by atoms with van der Waals surface area (Å²) in [6, 6.07) is 10.2. The van der Waals surface area contributed by atoms with Crippen molar-refractivity contribution in [1.29, 1.82) is 0 Å². The molecular weight excluding hydrogens is 389 g/mol. The van der Waals surface area contributed by atoms with Gasteiger partial charge in [-0.15, -0.1) is 0 Å². The molecule has 0 aliphatic carbocycles. The number of rotatable bonds is 5. The second kappa shape index (κ2) is 8.05. The Morgan fingerprint density at radius 3 is 2.62 bits per heavy atom. The van der Waals surface area contributed by atoms with Crippen LogP contribution in [-0.2, 0) is 6.54 Å². The van der Waals surface area contributed by atoms with Crippen molar-refractivity contribution < 1.29 is 22.7 Å². The van der Waals surface area contributed by atoms with Gasteiger partial charge in [0, 0.05) is 29.8 Å². The first-order valence-corrected chi connectivity index (χ1v) is 7.66. The normalized spacial score (nSPS) is 10.6. The molecule has 0 aliphatic heterocycles. The number of urea groups is 1. The quantitative estimate of drug-likeness (QED) is 0.776. The molecule has 2 rings (SSSR count). The number of hydrogen-bond donors (Lipinski definition) is 1. The second-order valence-electron chi connectivity index (χ2n) is 4.90. The number of halogens is 4. The molecular formula is C16H14BrF3N2O2. The van der Waals surface area contributed by atoms with E-state index in [1.165, 1.54) is 11.0 Å². The topological polar surface area (TPSA) is 41.6 Å². The summed E-state index contributed by atoms with van der Waals surface area (Å²) < 4.78 is 42.7. The molecule has 0 radical (unpaired) electrons. The number of nitrogens with one attached hydrogen (secondary N) is 1. The van der Waals surface area contributed by atoms with Crippen molar-refractivity contribution in [2.45, 2.75) is 13.2 Å². The maximum absolute atomic E-state index is 13.6. The van der Waals surface area contributed by atoms with Crippen LogP contribution in [0.25, 0.3) is 0 Å². The van der Waals surface area contributed by atoms with Crippen molar-refractivity contribution in [3.05, 3.63) is 58.3 Å². The van der Waals surface area contributed by atoms with Gasteiger partial charge in [0.25, 0.3) is 0 Å². The van der Waals surface area contributed by atoms with Crippen LogP contribution in [0.5, 0.6) is 5.75 Å². The van der Waals surface area contributed by atoms with E-state index in [1.54, 1.807) is 7.05 Å². The molecule has 0 heterocycles. The molecule has 0 spiro atoms. The van der Waals surface area contributed by atoms with E-state index < -0.39 is 24.2 Å². The smallest absolute Gasteiger partial charge is 0.387 e. The third-order valence-electron chi connectivity index (χ3n) is 3.11. The van der Waals surface area contributed by atoms with Gasteiger partial charge in [-0.3, -0.25) is 0 Å². The number of benzene rings is 2. The fourth-order valence-corrected chi connectivity index (χ4v) is 2.35. The lowest BCUT2D eigenvalue weighted by Crippen LogP contribution is -2.31. The van der Waals surface area contributed by atoms with Gasteiger partial charge in [0.05, 0.1) is 0 Å². The Bertz CT molecular complexity index is 728. The zero-order chi connectivity index (χ0) is 17.7. The molecule has 0 aromatic heterocycles. The maximum Gasteiger partial charge on any atom is 0.387 e. The summed E-state index contributed by atoms with van der Waals surface area (Å²) in [4.78, 5) is 13.5. The summed E-state index contributed by atoms with van der Waals surface area (Å²) in [7, 11) is 1.58. The van der Waals surface area contributed by atoms with E-state index in [0.717, 1.165) is 22.2 Å². The lowest BCUT2D eigenvalue weighted by molar-refractivity contribution is -0.0521. The molecule has 0 aliphatic rings. The molecule has 4 nitrogen and oxygen atoms in total. The van der Waals surface area contributed by atoms with Crippen molar-refractivity contribution in [3.63, 3.8) is 0 Å². The van der Waals surface area contributed by atoms with Crippen LogP contribution < -0.4 is 10.1 Å². The van der Waals surface area contributed by atoms with Crippen LogP contribution in [0, 0.1) is 5.82 Å². The Morgan fingerprint density at radius 1 is 1.29 bits per heavy atom. The third-order valence-corrected chi connectivity index (χ3v) is 3.88. The van der Waals surface area contributed by atoms with Crippen molar-refractivity contribution in [2.24, 2.45) is 0 Å². The zero-order valence-electron chi connectivity index (χ0n) is 12.6. The lowest BCUT2D eigenvalue weighted by Gasteiger charge is -2.19. The van der Waals surface area contributed by atoms with Crippen molar-refractivity contribution in [2.75, 3.05) is 12.4 Å². The predicted octanol–water partition coefficient (Wildman–Crippen LogP) is 4.85. The highest BCUT2D eigenvalue weighted by Crippen LogP contribution is 2.23. The van der Waals surface area contributed by atoms with Gasteiger partial charge >= 0.3 is 12.6 Å². The number of hydrogen-bond acceptors (Lipinski definition) is 2. The van der Waals surface area contributed by atoms with E-state index >= 15 is 0 Å². The molecule has 24 heavy (non-hydrogen) atoms. The molecule has 2 aromatic carbocycles. The van der Waals surface area contributed by atoms with Gasteiger partial charge in [0.1, 0.15) is 0 Å². The van der Waals surface area contributed by atoms with Gasteiger partial charge in [-0.1, -0.05) is 34.1 Å². The molecule has 8 heteroatoms. The summed E-state index contributed by atoms with van der Waals surface area (Å²) >= 11 is 3.39. The van der Waals surface area contributed by atoms with Crippen molar-refractivity contribution in [3.8, 4) is 5.75 Å². The number of carbonyl (C=O) groups excluding carboxylic acids is 1. The molecule has 0 bridgehead atoms. The van der Waals surface area contributed by atoms with Gasteiger partial charge in [0.2, 0.25) is 0 Å². The Morgan fingerprint density at radius 2 is 2.00 bits per heavy atom. The summed E-state index contributed by atoms with van der Waals surface area (Å²) in [6.07, 6.45) is 0. The Kier molecular flexibility index (Phi) is 6.08. The van der Waals surface area contributed by atoms with Crippen LogP contribution in [0.1, 0.15) is 5.56 Å². The Labute approximate surface area is 145 Å². The maximum atomic E-state index is 13.6. The van der Waals surface area contributed by atoms with Crippen LogP contribution in [0.4, 0.5) is 23.7 Å². The molecule has 2 amide bonds. The lowest BCUT2D eigenvalue weighted by atomic mass is 10.2. The van der Waals surface area contributed by atoms with Gasteiger partial charge in [-0.05, 0) is 23.8 Å². The van der Waals surface area contributed by atoms with Gasteiger partial charge in [-0.25, -0.2) is 9.18 Å². The summed E-state index contributed by atoms with van der Waals surface area (Å²) in [5.74, 6) is -1.56. The van der Waals surface area contributed by atoms with Gasteiger partial charge in [0.15, 0.2) is 11.6 Å². The van der Waals surface area contributed by atoms with Crippen LogP contribution in [0.15, 0.2) is 46.9 Å². The standard InChI is InChI=1S/C16H14BrF3N2O2/c1-22(9-10-4-2-3-5-12(10)17)16(23)21-11-6-7-14(13(18)8-11)24-15(19)20/h2-8,15H,9H2,1H3,(H,21,23). The first kappa shape index (κ1) is 18.1. The molecule has 0 fully saturated rings. The minimum absolute atomic E-state index is 0.137. The first-order valence-electron chi connectivity index (χ1n) is 6.86. The molecule has 0 atom stereocenters. The number of carbonyl (C=O) groups is 1. The fourth-order valence-electron chi connectivity index (χ4n) is 1.94. The van der Waals surface area contributed by atoms with Crippen LogP contribution in [0.3, 0.4) is 0 Å². The molecule has 1 N–H and O–H groups in total. The molecule has 2 aromatic rings. The SMILES string of the molecule is CN(Cc1ccccc1Br)C(=O)Nc1ccc(OC(F)F)c(F)c1. The molecule has 0 unspecified atom stereocenters. The monoisotopic (exact) mass is 402 g/mol. The largest absolute Gasteiger partial charge is 0.432 e. The minimum Gasteiger partial charge on any atom is -0.432 e. The van der Waals surface area contributed by atoms with Crippen LogP contribution in [0.2, 0.25) is 0 Å². The number of alkyl halides is 2. The predicted molar refractivity (Wildman–Crippen MR) is 87.7 cm³/mol. The number of nitrogens with zero attached hydrogens (tertiary/aromatic N) is 1. The fraction of sp³-hybridized carbons (Fsp3) is 0.188. The van der Waals surface area contributed by atoms with E-state index in [-0.39, 0.29) is 5.69 Å². The van der Waals surface area contributed by atoms with E-state index in [9.17, 15) is 18.0 Å². The van der Waals surface area contributed by atoms with Gasteiger partial charge < -0.3 is 15.0 Å². The van der Waals surface area contributed by atoms with E-state index in [0.29, 0.717) is 6.54 Å². The van der Waals surface area contributed by atoms with Crippen molar-refractivity contribution >= 4 is 27.6 Å². The highest BCUT2D eigenvalue weighted by molar-refractivity contribution is 9.10. The van der Waals surface area contributed by atoms with E-state index in [1.807, 2.05) is 24.3 Å². The minimum atomic E-state index is -3.12.